The number of aliphatic carboxylic acids is 1. The van der Waals surface area contributed by atoms with Crippen molar-refractivity contribution in [2.45, 2.75) is 46.1 Å². The third kappa shape index (κ3) is 3.67. The second-order valence-electron chi connectivity index (χ2n) is 6.43. The fourth-order valence-electron chi connectivity index (χ4n) is 2.52. The molecule has 2 N–H and O–H groups in total. The molecule has 23 heavy (non-hydrogen) atoms. The largest absolute Gasteiger partial charge is 0.481 e. The maximum atomic E-state index is 12.6. The summed E-state index contributed by atoms with van der Waals surface area (Å²) in [6, 6.07) is 1.79. The molecule has 0 bridgehead atoms. The standard InChI is InChI=1S/C16H22N4O3/c1-9-12(8-11-10(2)19-20(5)14(11)17-9)15(23)18-16(3,4)7-6-13(21)22/h8H,6-7H2,1-5H3,(H,18,23)(H,21,22). The van der Waals surface area contributed by atoms with E-state index >= 15 is 0 Å². The first-order valence-corrected chi connectivity index (χ1v) is 7.46. The van der Waals surface area contributed by atoms with Crippen LogP contribution >= 0.6 is 0 Å². The maximum absolute atomic E-state index is 12.6. The van der Waals surface area contributed by atoms with Crippen LogP contribution in [-0.4, -0.2) is 37.3 Å². The van der Waals surface area contributed by atoms with Crippen LogP contribution in [0, 0.1) is 13.8 Å². The van der Waals surface area contributed by atoms with Gasteiger partial charge in [0.2, 0.25) is 0 Å². The van der Waals surface area contributed by atoms with E-state index in [1.165, 1.54) is 0 Å². The van der Waals surface area contributed by atoms with Crippen LogP contribution in [0.1, 0.15) is 48.4 Å². The molecular weight excluding hydrogens is 296 g/mol. The van der Waals surface area contributed by atoms with Crippen molar-refractivity contribution in [1.29, 1.82) is 0 Å². The Balaban J connectivity index is 2.29. The Hall–Kier alpha value is -2.44. The van der Waals surface area contributed by atoms with Crippen LogP contribution in [0.15, 0.2) is 6.07 Å². The summed E-state index contributed by atoms with van der Waals surface area (Å²) in [6.07, 6.45) is 0.361. The summed E-state index contributed by atoms with van der Waals surface area (Å²) in [4.78, 5) is 27.7. The molecule has 2 aromatic heterocycles. The number of aromatic nitrogens is 3. The van der Waals surface area contributed by atoms with Gasteiger partial charge in [0.25, 0.3) is 5.91 Å². The van der Waals surface area contributed by atoms with Gasteiger partial charge in [-0.1, -0.05) is 0 Å². The maximum Gasteiger partial charge on any atom is 0.303 e. The molecule has 2 heterocycles. The minimum Gasteiger partial charge on any atom is -0.481 e. The van der Waals surface area contributed by atoms with Crippen molar-refractivity contribution in [2.75, 3.05) is 0 Å². The van der Waals surface area contributed by atoms with Crippen LogP contribution in [-0.2, 0) is 11.8 Å². The zero-order valence-corrected chi connectivity index (χ0v) is 14.1. The zero-order valence-electron chi connectivity index (χ0n) is 14.1. The van der Waals surface area contributed by atoms with E-state index in [1.54, 1.807) is 17.7 Å². The Morgan fingerprint density at radius 3 is 2.57 bits per heavy atom. The van der Waals surface area contributed by atoms with Gasteiger partial charge in [0.1, 0.15) is 0 Å². The van der Waals surface area contributed by atoms with Crippen LogP contribution < -0.4 is 5.32 Å². The van der Waals surface area contributed by atoms with E-state index in [0.29, 0.717) is 17.7 Å². The zero-order chi connectivity index (χ0) is 17.4. The summed E-state index contributed by atoms with van der Waals surface area (Å²) >= 11 is 0. The minimum atomic E-state index is -0.877. The van der Waals surface area contributed by atoms with Crippen molar-refractivity contribution in [3.05, 3.63) is 23.0 Å². The minimum absolute atomic E-state index is 0.00522. The summed E-state index contributed by atoms with van der Waals surface area (Å²) in [5.41, 5.74) is 2.04. The van der Waals surface area contributed by atoms with Gasteiger partial charge in [0.15, 0.2) is 5.65 Å². The summed E-state index contributed by atoms with van der Waals surface area (Å²) in [6.45, 7) is 7.27. The summed E-state index contributed by atoms with van der Waals surface area (Å²) in [7, 11) is 1.82. The van der Waals surface area contributed by atoms with E-state index in [2.05, 4.69) is 15.4 Å². The van der Waals surface area contributed by atoms with Crippen molar-refractivity contribution in [2.24, 2.45) is 7.05 Å². The predicted octanol–water partition coefficient (Wildman–Crippen LogP) is 1.96. The Kier molecular flexibility index (Phi) is 4.40. The molecule has 0 aromatic carbocycles. The van der Waals surface area contributed by atoms with E-state index in [0.717, 1.165) is 16.7 Å². The van der Waals surface area contributed by atoms with E-state index in [1.807, 2.05) is 27.8 Å². The third-order valence-electron chi connectivity index (χ3n) is 3.85. The van der Waals surface area contributed by atoms with Gasteiger partial charge >= 0.3 is 5.97 Å². The molecule has 2 rings (SSSR count). The van der Waals surface area contributed by atoms with E-state index in [4.69, 9.17) is 5.11 Å². The van der Waals surface area contributed by atoms with Crippen molar-refractivity contribution < 1.29 is 14.7 Å². The van der Waals surface area contributed by atoms with Gasteiger partial charge in [0, 0.05) is 24.4 Å². The number of carbonyl (C=O) groups excluding carboxylic acids is 1. The number of carboxylic acids is 1. The highest BCUT2D eigenvalue weighted by atomic mass is 16.4. The highest BCUT2D eigenvalue weighted by molar-refractivity contribution is 5.99. The molecule has 0 fully saturated rings. The lowest BCUT2D eigenvalue weighted by Crippen LogP contribution is -2.44. The molecule has 0 radical (unpaired) electrons. The van der Waals surface area contributed by atoms with Crippen molar-refractivity contribution in [1.82, 2.24) is 20.1 Å². The number of pyridine rings is 1. The van der Waals surface area contributed by atoms with E-state index in [-0.39, 0.29) is 12.3 Å². The first-order chi connectivity index (χ1) is 10.6. The highest BCUT2D eigenvalue weighted by Crippen LogP contribution is 2.20. The van der Waals surface area contributed by atoms with Crippen LogP contribution in [0.4, 0.5) is 0 Å². The molecule has 0 aliphatic carbocycles. The molecular formula is C16H22N4O3. The number of rotatable bonds is 5. The molecule has 0 saturated heterocycles. The van der Waals surface area contributed by atoms with Crippen molar-refractivity contribution in [3.63, 3.8) is 0 Å². The molecule has 0 atom stereocenters. The molecule has 1 amide bonds. The molecule has 0 saturated carbocycles. The lowest BCUT2D eigenvalue weighted by molar-refractivity contribution is -0.137. The average molecular weight is 318 g/mol. The smallest absolute Gasteiger partial charge is 0.303 e. The Morgan fingerprint density at radius 2 is 1.96 bits per heavy atom. The Morgan fingerprint density at radius 1 is 1.30 bits per heavy atom. The van der Waals surface area contributed by atoms with Crippen molar-refractivity contribution in [3.8, 4) is 0 Å². The predicted molar refractivity (Wildman–Crippen MR) is 86.4 cm³/mol. The lowest BCUT2D eigenvalue weighted by Gasteiger charge is -2.26. The van der Waals surface area contributed by atoms with E-state index < -0.39 is 11.5 Å². The van der Waals surface area contributed by atoms with Gasteiger partial charge in [-0.3, -0.25) is 14.3 Å². The quantitative estimate of drug-likeness (QED) is 0.878. The van der Waals surface area contributed by atoms with Gasteiger partial charge in [-0.05, 0) is 40.2 Å². The number of fused-ring (bicyclic) bond motifs is 1. The van der Waals surface area contributed by atoms with Crippen molar-refractivity contribution >= 4 is 22.9 Å². The monoisotopic (exact) mass is 318 g/mol. The number of aryl methyl sites for hydroxylation is 3. The molecule has 0 spiro atoms. The third-order valence-corrected chi connectivity index (χ3v) is 3.85. The molecule has 0 aliphatic rings. The van der Waals surface area contributed by atoms with Gasteiger partial charge in [-0.15, -0.1) is 0 Å². The van der Waals surface area contributed by atoms with Crippen LogP contribution in [0.5, 0.6) is 0 Å². The number of carbonyl (C=O) groups is 2. The van der Waals surface area contributed by atoms with Gasteiger partial charge in [-0.2, -0.15) is 5.10 Å². The van der Waals surface area contributed by atoms with Gasteiger partial charge in [0.05, 0.1) is 17.0 Å². The topological polar surface area (TPSA) is 97.1 Å². The highest BCUT2D eigenvalue weighted by Gasteiger charge is 2.24. The molecule has 2 aromatic rings. The number of nitrogens with one attached hydrogen (secondary N) is 1. The number of hydrogen-bond acceptors (Lipinski definition) is 4. The van der Waals surface area contributed by atoms with Gasteiger partial charge < -0.3 is 10.4 Å². The van der Waals surface area contributed by atoms with Crippen LogP contribution in [0.25, 0.3) is 11.0 Å². The Bertz CT molecular complexity index is 777. The SMILES string of the molecule is Cc1nc2c(cc1C(=O)NC(C)(C)CCC(=O)O)c(C)nn2C. The first-order valence-electron chi connectivity index (χ1n) is 7.46. The summed E-state index contributed by atoms with van der Waals surface area (Å²) in [5, 5.41) is 16.8. The average Bonchev–Trinajstić information content (AvgIpc) is 2.70. The molecule has 124 valence electrons. The number of amides is 1. The summed E-state index contributed by atoms with van der Waals surface area (Å²) in [5.74, 6) is -1.13. The molecule has 7 heteroatoms. The Labute approximate surface area is 134 Å². The fourth-order valence-corrected chi connectivity index (χ4v) is 2.52. The summed E-state index contributed by atoms with van der Waals surface area (Å²) < 4.78 is 1.69. The second kappa shape index (κ2) is 5.98. The van der Waals surface area contributed by atoms with Crippen LogP contribution in [0.3, 0.4) is 0 Å². The molecule has 0 aliphatic heterocycles. The number of carboxylic acid groups (broad SMARTS) is 1. The normalized spacial score (nSPS) is 11.7. The van der Waals surface area contributed by atoms with E-state index in [9.17, 15) is 9.59 Å². The lowest BCUT2D eigenvalue weighted by atomic mass is 9.97. The second-order valence-corrected chi connectivity index (χ2v) is 6.43. The number of hydrogen-bond donors (Lipinski definition) is 2. The first kappa shape index (κ1) is 16.9. The molecule has 7 nitrogen and oxygen atoms in total. The van der Waals surface area contributed by atoms with Gasteiger partial charge in [-0.25, -0.2) is 4.98 Å². The number of nitrogens with zero attached hydrogens (tertiary/aromatic N) is 3. The van der Waals surface area contributed by atoms with Crippen LogP contribution in [0.2, 0.25) is 0 Å². The molecule has 0 unspecified atom stereocenters. The fraction of sp³-hybridized carbons (Fsp3) is 0.500.